The Balaban J connectivity index is 2.58. The molecule has 0 aromatic heterocycles. The lowest BCUT2D eigenvalue weighted by atomic mass is 10.0. The van der Waals surface area contributed by atoms with Crippen LogP contribution in [0.5, 0.6) is 0 Å². The predicted molar refractivity (Wildman–Crippen MR) is 89.7 cm³/mol. The average Bonchev–Trinajstić information content (AvgIpc) is 2.39. The summed E-state index contributed by atoms with van der Waals surface area (Å²) in [4.78, 5) is 0. The Kier molecular flexibility index (Phi) is 5.47. The minimum atomic E-state index is 0.281. The first kappa shape index (κ1) is 16.2. The van der Waals surface area contributed by atoms with E-state index in [0.717, 1.165) is 11.1 Å². The summed E-state index contributed by atoms with van der Waals surface area (Å²) >= 11 is 30.7. The van der Waals surface area contributed by atoms with E-state index in [1.807, 2.05) is 25.2 Å². The van der Waals surface area contributed by atoms with E-state index in [1.54, 1.807) is 6.07 Å². The Morgan fingerprint density at radius 1 is 0.850 bits per heavy atom. The molecule has 2 aromatic rings. The molecule has 2 aromatic carbocycles. The molecule has 1 N–H and O–H groups in total. The minimum Gasteiger partial charge on any atom is -0.316 e. The van der Waals surface area contributed by atoms with Crippen LogP contribution < -0.4 is 5.32 Å². The van der Waals surface area contributed by atoms with Crippen LogP contribution in [0.1, 0.15) is 5.56 Å². The highest BCUT2D eigenvalue weighted by molar-refractivity contribution is 6.51. The molecule has 6 heteroatoms. The molecule has 2 rings (SSSR count). The first-order valence-electron chi connectivity index (χ1n) is 5.72. The highest BCUT2D eigenvalue weighted by Crippen LogP contribution is 2.43. The lowest BCUT2D eigenvalue weighted by Crippen LogP contribution is -2.05. The van der Waals surface area contributed by atoms with Gasteiger partial charge in [0.15, 0.2) is 0 Å². The van der Waals surface area contributed by atoms with E-state index in [0.29, 0.717) is 32.2 Å². The second-order valence-corrected chi connectivity index (χ2v) is 6.16. The zero-order valence-electron chi connectivity index (χ0n) is 10.4. The van der Waals surface area contributed by atoms with Gasteiger partial charge < -0.3 is 5.32 Å². The highest BCUT2D eigenvalue weighted by atomic mass is 35.5. The van der Waals surface area contributed by atoms with E-state index in [2.05, 4.69) is 5.32 Å². The van der Waals surface area contributed by atoms with Crippen LogP contribution in [0, 0.1) is 0 Å². The van der Waals surface area contributed by atoms with Crippen molar-refractivity contribution >= 4 is 58.0 Å². The molecule has 0 fully saturated rings. The second kappa shape index (κ2) is 6.74. The molecule has 0 aliphatic heterocycles. The van der Waals surface area contributed by atoms with Crippen LogP contribution in [0.15, 0.2) is 24.3 Å². The van der Waals surface area contributed by atoms with Crippen LogP contribution >= 0.6 is 58.0 Å². The van der Waals surface area contributed by atoms with Gasteiger partial charge in [-0.3, -0.25) is 0 Å². The lowest BCUT2D eigenvalue weighted by Gasteiger charge is -2.12. The molecule has 0 radical (unpaired) electrons. The molecule has 0 atom stereocenters. The van der Waals surface area contributed by atoms with E-state index in [9.17, 15) is 0 Å². The fraction of sp³-hybridized carbons (Fsp3) is 0.143. The summed E-state index contributed by atoms with van der Waals surface area (Å²) in [6.07, 6.45) is 0. The standard InChI is InChI=1S/C14H10Cl5N/c1-20-6-8-3-2-7(4-9(8)15)12-10(16)5-11(17)13(18)14(12)19/h2-5,20H,6H2,1H3. The molecule has 0 saturated carbocycles. The first-order chi connectivity index (χ1) is 9.45. The van der Waals surface area contributed by atoms with Crippen molar-refractivity contribution in [1.29, 1.82) is 0 Å². The molecule has 1 nitrogen and oxygen atoms in total. The molecule has 0 saturated heterocycles. The number of rotatable bonds is 3. The molecule has 0 unspecified atom stereocenters. The summed E-state index contributed by atoms with van der Waals surface area (Å²) in [6.45, 7) is 0.682. The Morgan fingerprint density at radius 3 is 2.15 bits per heavy atom. The Labute approximate surface area is 142 Å². The van der Waals surface area contributed by atoms with E-state index in [1.165, 1.54) is 0 Å². The van der Waals surface area contributed by atoms with Gasteiger partial charge in [0, 0.05) is 17.1 Å². The predicted octanol–water partition coefficient (Wildman–Crippen LogP) is 6.34. The maximum Gasteiger partial charge on any atom is 0.0785 e. The molecule has 0 aliphatic carbocycles. The topological polar surface area (TPSA) is 12.0 Å². The van der Waals surface area contributed by atoms with Crippen molar-refractivity contribution in [2.24, 2.45) is 0 Å². The van der Waals surface area contributed by atoms with Gasteiger partial charge in [-0.2, -0.15) is 0 Å². The summed E-state index contributed by atoms with van der Waals surface area (Å²) in [5.41, 5.74) is 2.41. The van der Waals surface area contributed by atoms with Crippen LogP contribution in [0.2, 0.25) is 25.1 Å². The van der Waals surface area contributed by atoms with E-state index in [-0.39, 0.29) is 5.02 Å². The molecule has 0 spiro atoms. The smallest absolute Gasteiger partial charge is 0.0785 e. The molecule has 0 aliphatic rings. The van der Waals surface area contributed by atoms with Gasteiger partial charge in [-0.15, -0.1) is 0 Å². The molecule has 106 valence electrons. The van der Waals surface area contributed by atoms with Gasteiger partial charge >= 0.3 is 0 Å². The van der Waals surface area contributed by atoms with Crippen LogP contribution in [0.25, 0.3) is 11.1 Å². The van der Waals surface area contributed by atoms with Gasteiger partial charge in [0.05, 0.1) is 20.1 Å². The zero-order valence-corrected chi connectivity index (χ0v) is 14.2. The third-order valence-electron chi connectivity index (χ3n) is 2.82. The van der Waals surface area contributed by atoms with Gasteiger partial charge in [0.2, 0.25) is 0 Å². The monoisotopic (exact) mass is 367 g/mol. The van der Waals surface area contributed by atoms with Gasteiger partial charge in [-0.1, -0.05) is 70.1 Å². The van der Waals surface area contributed by atoms with Crippen LogP contribution in [-0.4, -0.2) is 7.05 Å². The van der Waals surface area contributed by atoms with Crippen molar-refractivity contribution in [1.82, 2.24) is 5.32 Å². The summed E-state index contributed by atoms with van der Waals surface area (Å²) < 4.78 is 0. The maximum atomic E-state index is 6.25. The number of benzene rings is 2. The Morgan fingerprint density at radius 2 is 1.55 bits per heavy atom. The Hall–Kier alpha value is -0.150. The SMILES string of the molecule is CNCc1ccc(-c2c(Cl)cc(Cl)c(Cl)c2Cl)cc1Cl. The molecular weight excluding hydrogens is 359 g/mol. The van der Waals surface area contributed by atoms with Crippen molar-refractivity contribution in [2.45, 2.75) is 6.54 Å². The van der Waals surface area contributed by atoms with E-state index >= 15 is 0 Å². The second-order valence-electron chi connectivity index (χ2n) is 4.18. The first-order valence-corrected chi connectivity index (χ1v) is 7.61. The summed E-state index contributed by atoms with van der Waals surface area (Å²) in [5, 5.41) is 5.04. The molecular formula is C14H10Cl5N. The highest BCUT2D eigenvalue weighted by Gasteiger charge is 2.16. The van der Waals surface area contributed by atoms with Crippen LogP contribution in [0.4, 0.5) is 0 Å². The minimum absolute atomic E-state index is 0.281. The third kappa shape index (κ3) is 3.19. The summed E-state index contributed by atoms with van der Waals surface area (Å²) in [7, 11) is 1.86. The summed E-state index contributed by atoms with van der Waals surface area (Å²) in [5.74, 6) is 0. The molecule has 0 heterocycles. The van der Waals surface area contributed by atoms with Crippen molar-refractivity contribution in [3.05, 3.63) is 54.9 Å². The number of nitrogens with one attached hydrogen (secondary N) is 1. The van der Waals surface area contributed by atoms with Gasteiger partial charge in [0.1, 0.15) is 0 Å². The quantitative estimate of drug-likeness (QED) is 0.492. The fourth-order valence-electron chi connectivity index (χ4n) is 1.87. The third-order valence-corrected chi connectivity index (χ3v) is 4.74. The molecule has 0 bridgehead atoms. The van der Waals surface area contributed by atoms with Gasteiger partial charge in [0.25, 0.3) is 0 Å². The molecule has 20 heavy (non-hydrogen) atoms. The Bertz CT molecular complexity index is 654. The van der Waals surface area contributed by atoms with Crippen molar-refractivity contribution in [2.75, 3.05) is 7.05 Å². The average molecular weight is 370 g/mol. The number of hydrogen-bond acceptors (Lipinski definition) is 1. The van der Waals surface area contributed by atoms with Crippen molar-refractivity contribution < 1.29 is 0 Å². The van der Waals surface area contributed by atoms with Gasteiger partial charge in [-0.05, 0) is 30.3 Å². The zero-order chi connectivity index (χ0) is 14.9. The maximum absolute atomic E-state index is 6.25. The van der Waals surface area contributed by atoms with Crippen molar-refractivity contribution in [3.8, 4) is 11.1 Å². The molecule has 0 amide bonds. The fourth-order valence-corrected chi connectivity index (χ4v) is 3.25. The van der Waals surface area contributed by atoms with Crippen molar-refractivity contribution in [3.63, 3.8) is 0 Å². The normalized spacial score (nSPS) is 10.9. The van der Waals surface area contributed by atoms with E-state index in [4.69, 9.17) is 58.0 Å². The van der Waals surface area contributed by atoms with E-state index < -0.39 is 0 Å². The van der Waals surface area contributed by atoms with Crippen LogP contribution in [0.3, 0.4) is 0 Å². The van der Waals surface area contributed by atoms with Crippen LogP contribution in [-0.2, 0) is 6.54 Å². The van der Waals surface area contributed by atoms with Gasteiger partial charge in [-0.25, -0.2) is 0 Å². The number of hydrogen-bond donors (Lipinski definition) is 1. The largest absolute Gasteiger partial charge is 0.316 e. The lowest BCUT2D eigenvalue weighted by molar-refractivity contribution is 0.818. The summed E-state index contributed by atoms with van der Waals surface area (Å²) in [6, 6.07) is 7.20. The number of halogens is 5.